The topological polar surface area (TPSA) is 36.9 Å². The predicted octanol–water partition coefficient (Wildman–Crippen LogP) is 5.59. The van der Waals surface area contributed by atoms with Crippen LogP contribution in [-0.4, -0.2) is 63.2 Å². The van der Waals surface area contributed by atoms with Crippen molar-refractivity contribution in [3.8, 4) is 11.5 Å². The Hall–Kier alpha value is -2.08. The van der Waals surface area contributed by atoms with E-state index in [1.165, 1.54) is 71.9 Å². The van der Waals surface area contributed by atoms with Gasteiger partial charge in [0.2, 0.25) is 0 Å². The zero-order chi connectivity index (χ0) is 26.6. The van der Waals surface area contributed by atoms with Crippen molar-refractivity contribution in [1.82, 2.24) is 0 Å². The van der Waals surface area contributed by atoms with Gasteiger partial charge in [-0.05, 0) is 56.2 Å². The van der Waals surface area contributed by atoms with Gasteiger partial charge in [0.25, 0.3) is 0 Å². The summed E-state index contributed by atoms with van der Waals surface area (Å²) < 4.78 is 27.6. The number of aryl methyl sites for hydroxylation is 1. The molecular formula is C34H44NO4+. The molecule has 39 heavy (non-hydrogen) atoms. The number of likely N-dealkylation sites (tertiary alicyclic amines) is 1. The average molecular weight is 531 g/mol. The summed E-state index contributed by atoms with van der Waals surface area (Å²) in [4.78, 5) is 0. The van der Waals surface area contributed by atoms with E-state index in [9.17, 15) is 0 Å². The third kappa shape index (κ3) is 3.08. The van der Waals surface area contributed by atoms with Crippen LogP contribution in [0.25, 0.3) is 0 Å². The van der Waals surface area contributed by atoms with E-state index in [1.54, 1.807) is 7.11 Å². The van der Waals surface area contributed by atoms with Crippen molar-refractivity contribution in [2.75, 3.05) is 41.0 Å². The monoisotopic (exact) mass is 530 g/mol. The number of hydrogen-bond acceptors (Lipinski definition) is 4. The number of hydrogen-bond donors (Lipinski definition) is 0. The van der Waals surface area contributed by atoms with Crippen LogP contribution in [0.15, 0.2) is 36.4 Å². The summed E-state index contributed by atoms with van der Waals surface area (Å²) in [6.45, 7) is 6.09. The van der Waals surface area contributed by atoms with Gasteiger partial charge in [-0.3, -0.25) is 0 Å². The van der Waals surface area contributed by atoms with E-state index in [-0.39, 0.29) is 22.5 Å². The minimum atomic E-state index is -0.338. The molecule has 0 aromatic heterocycles. The molecule has 0 N–H and O–H groups in total. The second-order valence-electron chi connectivity index (χ2n) is 14.1. The van der Waals surface area contributed by atoms with Crippen molar-refractivity contribution < 1.29 is 23.4 Å². The molecule has 9 rings (SSSR count). The smallest absolute Gasteiger partial charge is 0.165 e. The summed E-state index contributed by atoms with van der Waals surface area (Å²) >= 11 is 0. The van der Waals surface area contributed by atoms with Crippen molar-refractivity contribution in [3.05, 3.63) is 58.7 Å². The molecule has 5 nitrogen and oxygen atoms in total. The average Bonchev–Trinajstić information content (AvgIpc) is 3.68. The fourth-order valence-corrected chi connectivity index (χ4v) is 10.6. The molecule has 0 radical (unpaired) electrons. The summed E-state index contributed by atoms with van der Waals surface area (Å²) in [6, 6.07) is 13.9. The highest BCUT2D eigenvalue weighted by Crippen LogP contribution is 2.77. The van der Waals surface area contributed by atoms with Crippen LogP contribution >= 0.6 is 0 Å². The van der Waals surface area contributed by atoms with Crippen LogP contribution in [0.5, 0.6) is 11.5 Å². The Morgan fingerprint density at radius 3 is 2.59 bits per heavy atom. The Balaban J connectivity index is 1.22. The highest BCUT2D eigenvalue weighted by Gasteiger charge is 2.83. The first kappa shape index (κ1) is 24.7. The van der Waals surface area contributed by atoms with Gasteiger partial charge in [-0.25, -0.2) is 0 Å². The number of piperidine rings is 1. The standard InChI is InChI=1S/C34H44NO4/c1-22-5-7-24(8-6-22)20-38-21-26-18-32-13-14-34(26,37-4)31-33(32)15-16-35(2,19-23-9-10-23)28(32)17-25-11-12-27(36-3)30(39-31)29(25)33/h5-8,11-12,23,26,28,31H,9-10,13-21H2,1-4H3/q+1/t26-,28-,31-,32-,33+,34-,35-/m1/s1. The molecule has 4 bridgehead atoms. The minimum Gasteiger partial charge on any atom is -0.493 e. The second kappa shape index (κ2) is 8.24. The number of rotatable bonds is 8. The summed E-state index contributed by atoms with van der Waals surface area (Å²) in [5.74, 6) is 3.15. The molecule has 7 aliphatic rings. The molecule has 5 fully saturated rings. The van der Waals surface area contributed by atoms with E-state index in [1.807, 2.05) is 7.11 Å². The maximum atomic E-state index is 7.18. The second-order valence-corrected chi connectivity index (χ2v) is 14.1. The highest BCUT2D eigenvalue weighted by atomic mass is 16.6. The molecule has 2 heterocycles. The normalized spacial score (nSPS) is 40.8. The van der Waals surface area contributed by atoms with E-state index < -0.39 is 0 Å². The predicted molar refractivity (Wildman–Crippen MR) is 150 cm³/mol. The molecule has 2 aromatic carbocycles. The van der Waals surface area contributed by atoms with Crippen molar-refractivity contribution in [3.63, 3.8) is 0 Å². The zero-order valence-electron chi connectivity index (χ0n) is 24.1. The van der Waals surface area contributed by atoms with Crippen molar-refractivity contribution in [2.45, 2.75) is 81.6 Å². The van der Waals surface area contributed by atoms with Crippen LogP contribution in [0.2, 0.25) is 0 Å². The van der Waals surface area contributed by atoms with Crippen molar-refractivity contribution in [2.24, 2.45) is 17.3 Å². The molecule has 1 saturated heterocycles. The quantitative estimate of drug-likeness (QED) is 0.417. The van der Waals surface area contributed by atoms with Gasteiger partial charge in [0.05, 0.1) is 51.9 Å². The van der Waals surface area contributed by atoms with Gasteiger partial charge in [0, 0.05) is 42.8 Å². The Morgan fingerprint density at radius 2 is 1.85 bits per heavy atom. The third-order valence-corrected chi connectivity index (χ3v) is 12.4. The largest absolute Gasteiger partial charge is 0.493 e. The van der Waals surface area contributed by atoms with E-state index in [2.05, 4.69) is 50.4 Å². The molecule has 0 amide bonds. The molecular weight excluding hydrogens is 486 g/mol. The van der Waals surface area contributed by atoms with Crippen LogP contribution in [0, 0.1) is 24.2 Å². The summed E-state index contributed by atoms with van der Waals surface area (Å²) in [7, 11) is 6.32. The fraction of sp³-hybridized carbons (Fsp3) is 0.647. The highest BCUT2D eigenvalue weighted by molar-refractivity contribution is 5.63. The third-order valence-electron chi connectivity index (χ3n) is 12.4. The molecule has 5 heteroatoms. The number of quaternary nitrogens is 1. The molecule has 2 spiro atoms. The van der Waals surface area contributed by atoms with Gasteiger partial charge < -0.3 is 23.4 Å². The van der Waals surface area contributed by atoms with Gasteiger partial charge in [0.15, 0.2) is 11.5 Å². The maximum absolute atomic E-state index is 7.18. The lowest BCUT2D eigenvalue weighted by Gasteiger charge is -2.74. The van der Waals surface area contributed by atoms with E-state index >= 15 is 0 Å². The first-order chi connectivity index (χ1) is 18.9. The minimum absolute atomic E-state index is 0.0121. The zero-order valence-corrected chi connectivity index (χ0v) is 24.1. The molecule has 0 unspecified atom stereocenters. The number of ether oxygens (including phenoxy) is 4. The number of methoxy groups -OCH3 is 2. The lowest BCUT2D eigenvalue weighted by atomic mass is 9.34. The van der Waals surface area contributed by atoms with Crippen molar-refractivity contribution in [1.29, 1.82) is 0 Å². The van der Waals surface area contributed by atoms with E-state index in [0.717, 1.165) is 36.9 Å². The van der Waals surface area contributed by atoms with Crippen LogP contribution in [0.1, 0.15) is 60.8 Å². The molecule has 2 aromatic rings. The van der Waals surface area contributed by atoms with Gasteiger partial charge in [0.1, 0.15) is 11.7 Å². The van der Waals surface area contributed by atoms with E-state index in [4.69, 9.17) is 18.9 Å². The van der Waals surface area contributed by atoms with Gasteiger partial charge in [-0.15, -0.1) is 0 Å². The Kier molecular flexibility index (Phi) is 5.22. The van der Waals surface area contributed by atoms with Crippen molar-refractivity contribution >= 4 is 0 Å². The lowest BCUT2D eigenvalue weighted by Crippen LogP contribution is -2.83. The first-order valence-corrected chi connectivity index (χ1v) is 15.3. The summed E-state index contributed by atoms with van der Waals surface area (Å²) in [5, 5.41) is 0. The summed E-state index contributed by atoms with van der Waals surface area (Å²) in [5.41, 5.74) is 5.41. The fourth-order valence-electron chi connectivity index (χ4n) is 10.6. The Morgan fingerprint density at radius 1 is 1.03 bits per heavy atom. The molecule has 208 valence electrons. The number of benzene rings is 2. The van der Waals surface area contributed by atoms with Crippen LogP contribution in [0.4, 0.5) is 0 Å². The number of likely N-dealkylation sites (N-methyl/N-ethyl adjacent to an activating group) is 1. The van der Waals surface area contributed by atoms with Gasteiger partial charge >= 0.3 is 0 Å². The molecule has 2 aliphatic heterocycles. The van der Waals surface area contributed by atoms with Crippen LogP contribution in [0.3, 0.4) is 0 Å². The first-order valence-electron chi connectivity index (χ1n) is 15.3. The Labute approximate surface area is 233 Å². The van der Waals surface area contributed by atoms with E-state index in [0.29, 0.717) is 18.6 Å². The SMILES string of the molecule is COc1ccc2c3c1O[C@H]1[C@@]4(OC)CC[C@@]5(C[C@@H]4COCc4ccc(C)cc4)[C@@H](C2)[N@@+](C)(CC2CC2)CC[C@]315. The van der Waals surface area contributed by atoms with Crippen LogP contribution in [-0.2, 0) is 27.9 Å². The Bertz CT molecular complexity index is 1310. The molecule has 5 aliphatic carbocycles. The van der Waals surface area contributed by atoms with Gasteiger partial charge in [-0.1, -0.05) is 35.9 Å². The van der Waals surface area contributed by atoms with Crippen LogP contribution < -0.4 is 9.47 Å². The molecule has 4 saturated carbocycles. The maximum Gasteiger partial charge on any atom is 0.165 e. The number of nitrogens with zero attached hydrogens (tertiary/aromatic N) is 1. The molecule has 7 atom stereocenters. The lowest BCUT2D eigenvalue weighted by molar-refractivity contribution is -0.952. The summed E-state index contributed by atoms with van der Waals surface area (Å²) in [6.07, 6.45) is 8.67. The van der Waals surface area contributed by atoms with Gasteiger partial charge in [-0.2, -0.15) is 0 Å². The number of fused-ring (bicyclic) bond motifs is 2.